The molecule has 0 aromatic carbocycles. The van der Waals surface area contributed by atoms with E-state index in [2.05, 4.69) is 0 Å². The molecule has 0 aliphatic heterocycles. The summed E-state index contributed by atoms with van der Waals surface area (Å²) in [6.07, 6.45) is 0. The molecule has 0 aromatic heterocycles. The van der Waals surface area contributed by atoms with E-state index in [4.69, 9.17) is 24.8 Å². The standard InChI is InChI=1S/C9H20O3.C2H6O.CH4O.Zr/c1-7(2)5-11-9(10)12-6-8(3)4;1-2-3;1-2;/h7-10H,5-6H2,1-4H3;3H,2H2,1H3;2H,1H3;. The van der Waals surface area contributed by atoms with E-state index in [9.17, 15) is 0 Å². The van der Waals surface area contributed by atoms with Gasteiger partial charge in [0.2, 0.25) is 0 Å². The predicted molar refractivity (Wildman–Crippen MR) is 68.5 cm³/mol. The number of aliphatic hydroxyl groups excluding tert-OH is 3. The molecule has 0 saturated heterocycles. The van der Waals surface area contributed by atoms with Gasteiger partial charge in [0.1, 0.15) is 0 Å². The fraction of sp³-hybridized carbons (Fsp3) is 1.00. The quantitative estimate of drug-likeness (QED) is 0.631. The normalized spacial score (nSPS) is 9.33. The molecule has 0 saturated carbocycles. The summed E-state index contributed by atoms with van der Waals surface area (Å²) < 4.78 is 9.97. The first kappa shape index (κ1) is 27.1. The summed E-state index contributed by atoms with van der Waals surface area (Å²) in [4.78, 5) is 0. The average molecular weight is 346 g/mol. The predicted octanol–water partition coefficient (Wildman–Crippen LogP) is 1.21. The van der Waals surface area contributed by atoms with E-state index in [0.717, 1.165) is 7.11 Å². The average Bonchev–Trinajstić information content (AvgIpc) is 2.27. The van der Waals surface area contributed by atoms with Gasteiger partial charge in [-0.2, -0.15) is 0 Å². The van der Waals surface area contributed by atoms with E-state index >= 15 is 0 Å². The third-order valence-corrected chi connectivity index (χ3v) is 1.14. The molecule has 112 valence electrons. The minimum absolute atomic E-state index is 0. The third-order valence-electron chi connectivity index (χ3n) is 1.14. The fourth-order valence-corrected chi connectivity index (χ4v) is 0.598. The summed E-state index contributed by atoms with van der Waals surface area (Å²) in [6.45, 7) is 10.0. The molecular weight excluding hydrogens is 315 g/mol. The number of hydrogen-bond donors (Lipinski definition) is 3. The van der Waals surface area contributed by atoms with Gasteiger partial charge in [-0.15, -0.1) is 0 Å². The maximum atomic E-state index is 9.10. The topological polar surface area (TPSA) is 79.2 Å². The second kappa shape index (κ2) is 22.8. The van der Waals surface area contributed by atoms with Crippen LogP contribution in [-0.4, -0.2) is 48.7 Å². The minimum Gasteiger partial charge on any atom is -0.400 e. The number of ether oxygens (including phenoxy) is 2. The Morgan fingerprint density at radius 2 is 1.11 bits per heavy atom. The molecule has 0 aliphatic carbocycles. The molecule has 0 fully saturated rings. The van der Waals surface area contributed by atoms with Crippen LogP contribution >= 0.6 is 0 Å². The first-order chi connectivity index (χ1) is 7.93. The van der Waals surface area contributed by atoms with Crippen molar-refractivity contribution < 1.29 is 51.0 Å². The molecule has 0 aromatic rings. The zero-order chi connectivity index (χ0) is 14.3. The molecule has 0 radical (unpaired) electrons. The zero-order valence-corrected chi connectivity index (χ0v) is 15.0. The molecule has 0 aliphatic rings. The van der Waals surface area contributed by atoms with Crippen molar-refractivity contribution in [2.45, 2.75) is 41.1 Å². The third kappa shape index (κ3) is 36.0. The van der Waals surface area contributed by atoms with Gasteiger partial charge in [-0.25, -0.2) is 0 Å². The van der Waals surface area contributed by atoms with Crippen LogP contribution in [0.4, 0.5) is 0 Å². The Balaban J connectivity index is -0.000000142. The van der Waals surface area contributed by atoms with Crippen molar-refractivity contribution in [3.8, 4) is 0 Å². The molecular formula is C12H30O5Zr. The summed E-state index contributed by atoms with van der Waals surface area (Å²) in [6, 6.07) is 0. The molecule has 0 rings (SSSR count). The summed E-state index contributed by atoms with van der Waals surface area (Å²) in [5.41, 5.74) is 0. The Hall–Kier alpha value is 0.683. The van der Waals surface area contributed by atoms with Crippen molar-refractivity contribution in [2.75, 3.05) is 26.9 Å². The van der Waals surface area contributed by atoms with Gasteiger partial charge >= 0.3 is 0 Å². The molecule has 0 atom stereocenters. The molecule has 3 N–H and O–H groups in total. The van der Waals surface area contributed by atoms with E-state index in [-0.39, 0.29) is 32.8 Å². The van der Waals surface area contributed by atoms with Crippen molar-refractivity contribution in [3.63, 3.8) is 0 Å². The Morgan fingerprint density at radius 3 is 1.28 bits per heavy atom. The SMILES string of the molecule is CC(C)COC(O)OCC(C)C.CCO.CO.[Zr]. The van der Waals surface area contributed by atoms with Crippen molar-refractivity contribution in [1.29, 1.82) is 0 Å². The molecule has 0 heterocycles. The van der Waals surface area contributed by atoms with Gasteiger partial charge in [0.05, 0.1) is 13.2 Å². The summed E-state index contributed by atoms with van der Waals surface area (Å²) in [5.74, 6) is 0.838. The second-order valence-electron chi connectivity index (χ2n) is 4.08. The summed E-state index contributed by atoms with van der Waals surface area (Å²) in [5, 5.41) is 23.7. The maximum absolute atomic E-state index is 9.10. The van der Waals surface area contributed by atoms with Gasteiger partial charge < -0.3 is 24.8 Å². The minimum atomic E-state index is -1.06. The van der Waals surface area contributed by atoms with Gasteiger partial charge in [0.25, 0.3) is 6.48 Å². The van der Waals surface area contributed by atoms with Crippen LogP contribution in [0.5, 0.6) is 0 Å². The van der Waals surface area contributed by atoms with Crippen LogP contribution in [0.1, 0.15) is 34.6 Å². The largest absolute Gasteiger partial charge is 0.400 e. The molecule has 0 amide bonds. The monoisotopic (exact) mass is 344 g/mol. The molecule has 0 spiro atoms. The van der Waals surface area contributed by atoms with Crippen LogP contribution in [0.25, 0.3) is 0 Å². The van der Waals surface area contributed by atoms with Crippen molar-refractivity contribution in [2.24, 2.45) is 11.8 Å². The van der Waals surface area contributed by atoms with Gasteiger partial charge in [-0.05, 0) is 18.8 Å². The fourth-order valence-electron chi connectivity index (χ4n) is 0.598. The van der Waals surface area contributed by atoms with Gasteiger partial charge in [0, 0.05) is 39.9 Å². The van der Waals surface area contributed by atoms with Gasteiger partial charge in [-0.3, -0.25) is 0 Å². The first-order valence-corrected chi connectivity index (χ1v) is 5.90. The van der Waals surface area contributed by atoms with Gasteiger partial charge in [0.15, 0.2) is 0 Å². The summed E-state index contributed by atoms with van der Waals surface area (Å²) in [7, 11) is 1.00. The number of rotatable bonds is 6. The number of aliphatic hydroxyl groups is 3. The van der Waals surface area contributed by atoms with E-state index < -0.39 is 6.48 Å². The van der Waals surface area contributed by atoms with E-state index in [1.165, 1.54) is 0 Å². The van der Waals surface area contributed by atoms with Crippen LogP contribution < -0.4 is 0 Å². The first-order valence-electron chi connectivity index (χ1n) is 5.90. The van der Waals surface area contributed by atoms with E-state index in [0.29, 0.717) is 25.0 Å². The Bertz CT molecular complexity index is 111. The zero-order valence-electron chi connectivity index (χ0n) is 12.5. The van der Waals surface area contributed by atoms with Crippen LogP contribution in [-0.2, 0) is 35.7 Å². The summed E-state index contributed by atoms with van der Waals surface area (Å²) >= 11 is 0. The Morgan fingerprint density at radius 1 is 0.889 bits per heavy atom. The smallest absolute Gasteiger partial charge is 0.269 e. The Labute approximate surface area is 131 Å². The van der Waals surface area contributed by atoms with Gasteiger partial charge in [-0.1, -0.05) is 27.7 Å². The van der Waals surface area contributed by atoms with Crippen molar-refractivity contribution in [1.82, 2.24) is 0 Å². The number of hydrogen-bond acceptors (Lipinski definition) is 5. The second-order valence-corrected chi connectivity index (χ2v) is 4.08. The molecule has 0 bridgehead atoms. The molecule has 5 nitrogen and oxygen atoms in total. The Kier molecular flexibility index (Phi) is 34.4. The van der Waals surface area contributed by atoms with E-state index in [1.807, 2.05) is 27.7 Å². The van der Waals surface area contributed by atoms with Crippen LogP contribution in [0.2, 0.25) is 0 Å². The van der Waals surface area contributed by atoms with Crippen LogP contribution in [0.15, 0.2) is 0 Å². The maximum Gasteiger partial charge on any atom is 0.269 e. The molecule has 0 unspecified atom stereocenters. The van der Waals surface area contributed by atoms with Crippen LogP contribution in [0, 0.1) is 11.8 Å². The van der Waals surface area contributed by atoms with Crippen LogP contribution in [0.3, 0.4) is 0 Å². The van der Waals surface area contributed by atoms with Crippen molar-refractivity contribution >= 4 is 0 Å². The van der Waals surface area contributed by atoms with E-state index in [1.54, 1.807) is 6.92 Å². The van der Waals surface area contributed by atoms with Crippen molar-refractivity contribution in [3.05, 3.63) is 0 Å². The molecule has 6 heteroatoms. The molecule has 18 heavy (non-hydrogen) atoms.